The lowest BCUT2D eigenvalue weighted by atomic mass is 10.0. The first-order chi connectivity index (χ1) is 9.06. The van der Waals surface area contributed by atoms with Crippen LogP contribution in [0, 0.1) is 18.6 Å². The SMILES string of the molecule is COc1cccnc1C(=O)c1c(F)ccc(C)c1F. The molecule has 3 nitrogen and oxygen atoms in total. The number of hydrogen-bond donors (Lipinski definition) is 0. The first-order valence-corrected chi connectivity index (χ1v) is 5.54. The van der Waals surface area contributed by atoms with Gasteiger partial charge in [0.2, 0.25) is 5.78 Å². The lowest BCUT2D eigenvalue weighted by Crippen LogP contribution is -2.11. The number of rotatable bonds is 3. The maximum absolute atomic E-state index is 13.9. The van der Waals surface area contributed by atoms with Crippen LogP contribution in [0.25, 0.3) is 0 Å². The highest BCUT2D eigenvalue weighted by Crippen LogP contribution is 2.23. The molecule has 0 aliphatic rings. The Labute approximate surface area is 108 Å². The van der Waals surface area contributed by atoms with Gasteiger partial charge in [-0.2, -0.15) is 0 Å². The largest absolute Gasteiger partial charge is 0.494 e. The van der Waals surface area contributed by atoms with Crippen molar-refractivity contribution in [1.82, 2.24) is 4.98 Å². The third-order valence-corrected chi connectivity index (χ3v) is 2.72. The Morgan fingerprint density at radius 3 is 2.68 bits per heavy atom. The van der Waals surface area contributed by atoms with Gasteiger partial charge in [-0.15, -0.1) is 0 Å². The summed E-state index contributed by atoms with van der Waals surface area (Å²) in [5, 5.41) is 0. The number of hydrogen-bond acceptors (Lipinski definition) is 3. The second-order valence-corrected chi connectivity index (χ2v) is 3.94. The Hall–Kier alpha value is -2.30. The summed E-state index contributed by atoms with van der Waals surface area (Å²) in [7, 11) is 1.36. The quantitative estimate of drug-likeness (QED) is 0.799. The van der Waals surface area contributed by atoms with Crippen LogP contribution in [-0.2, 0) is 0 Å². The van der Waals surface area contributed by atoms with E-state index >= 15 is 0 Å². The van der Waals surface area contributed by atoms with Crippen molar-refractivity contribution in [2.75, 3.05) is 7.11 Å². The zero-order valence-electron chi connectivity index (χ0n) is 10.4. The van der Waals surface area contributed by atoms with Gasteiger partial charge in [0.1, 0.15) is 17.4 Å². The standard InChI is InChI=1S/C14H11F2NO2/c1-8-5-6-9(15)11(12(8)16)14(18)13-10(19-2)4-3-7-17-13/h3-7H,1-2H3. The number of methoxy groups -OCH3 is 1. The molecule has 0 atom stereocenters. The summed E-state index contributed by atoms with van der Waals surface area (Å²) in [6, 6.07) is 5.41. The number of pyridine rings is 1. The third kappa shape index (κ3) is 2.31. The van der Waals surface area contributed by atoms with Crippen molar-refractivity contribution in [3.63, 3.8) is 0 Å². The molecule has 0 aliphatic carbocycles. The van der Waals surface area contributed by atoms with Gasteiger partial charge in [0, 0.05) is 6.20 Å². The van der Waals surface area contributed by atoms with Crippen molar-refractivity contribution in [3.8, 4) is 5.75 Å². The van der Waals surface area contributed by atoms with E-state index in [2.05, 4.69) is 4.98 Å². The normalized spacial score (nSPS) is 10.3. The number of ether oxygens (including phenoxy) is 1. The highest BCUT2D eigenvalue weighted by molar-refractivity contribution is 6.09. The second kappa shape index (κ2) is 5.14. The lowest BCUT2D eigenvalue weighted by molar-refractivity contribution is 0.102. The topological polar surface area (TPSA) is 39.2 Å². The van der Waals surface area contributed by atoms with Crippen LogP contribution < -0.4 is 4.74 Å². The van der Waals surface area contributed by atoms with E-state index in [0.29, 0.717) is 0 Å². The number of aromatic nitrogens is 1. The zero-order valence-corrected chi connectivity index (χ0v) is 10.4. The minimum Gasteiger partial charge on any atom is -0.494 e. The van der Waals surface area contributed by atoms with E-state index in [1.54, 1.807) is 6.07 Å². The van der Waals surface area contributed by atoms with Gasteiger partial charge < -0.3 is 4.74 Å². The fourth-order valence-electron chi connectivity index (χ4n) is 1.71. The molecule has 0 fully saturated rings. The molecule has 1 aromatic carbocycles. The smallest absolute Gasteiger partial charge is 0.221 e. The number of benzene rings is 1. The molecule has 1 aromatic heterocycles. The maximum Gasteiger partial charge on any atom is 0.221 e. The van der Waals surface area contributed by atoms with Gasteiger partial charge in [-0.3, -0.25) is 4.79 Å². The molecule has 1 heterocycles. The van der Waals surface area contributed by atoms with Gasteiger partial charge in [-0.1, -0.05) is 6.07 Å². The van der Waals surface area contributed by atoms with Crippen LogP contribution in [0.15, 0.2) is 30.5 Å². The van der Waals surface area contributed by atoms with Gasteiger partial charge in [0.15, 0.2) is 5.69 Å². The van der Waals surface area contributed by atoms with Crippen LogP contribution in [0.4, 0.5) is 8.78 Å². The van der Waals surface area contributed by atoms with Crippen molar-refractivity contribution < 1.29 is 18.3 Å². The van der Waals surface area contributed by atoms with Crippen LogP contribution in [0.1, 0.15) is 21.6 Å². The molecule has 2 aromatic rings. The molecule has 0 aliphatic heterocycles. The summed E-state index contributed by atoms with van der Waals surface area (Å²) in [6.45, 7) is 1.46. The Morgan fingerprint density at radius 1 is 1.26 bits per heavy atom. The molecule has 0 spiro atoms. The number of carbonyl (C=O) groups excluding carboxylic acids is 1. The van der Waals surface area contributed by atoms with Crippen molar-refractivity contribution in [1.29, 1.82) is 0 Å². The molecule has 19 heavy (non-hydrogen) atoms. The minimum absolute atomic E-state index is 0.117. The summed E-state index contributed by atoms with van der Waals surface area (Å²) in [5.41, 5.74) is -0.537. The Morgan fingerprint density at radius 2 is 2.00 bits per heavy atom. The predicted molar refractivity (Wildman–Crippen MR) is 65.3 cm³/mol. The first kappa shape index (κ1) is 13.1. The maximum atomic E-state index is 13.9. The monoisotopic (exact) mass is 263 g/mol. The summed E-state index contributed by atoms with van der Waals surface area (Å²) in [4.78, 5) is 16.0. The number of carbonyl (C=O) groups is 1. The molecule has 0 saturated carbocycles. The van der Waals surface area contributed by atoms with E-state index in [0.717, 1.165) is 6.07 Å². The average molecular weight is 263 g/mol. The van der Waals surface area contributed by atoms with Crippen LogP contribution in [-0.4, -0.2) is 17.9 Å². The molecule has 0 amide bonds. The predicted octanol–water partition coefficient (Wildman–Crippen LogP) is 2.91. The van der Waals surface area contributed by atoms with Gasteiger partial charge in [-0.05, 0) is 30.7 Å². The van der Waals surface area contributed by atoms with Crippen molar-refractivity contribution >= 4 is 5.78 Å². The van der Waals surface area contributed by atoms with Crippen molar-refractivity contribution in [2.24, 2.45) is 0 Å². The number of ketones is 1. The Kier molecular flexibility index (Phi) is 3.55. The number of halogens is 2. The molecule has 0 unspecified atom stereocenters. The zero-order chi connectivity index (χ0) is 14.0. The van der Waals surface area contributed by atoms with Crippen LogP contribution >= 0.6 is 0 Å². The molecule has 0 N–H and O–H groups in total. The van der Waals surface area contributed by atoms with E-state index < -0.39 is 23.0 Å². The molecule has 0 radical (unpaired) electrons. The summed E-state index contributed by atoms with van der Waals surface area (Å²) >= 11 is 0. The molecular weight excluding hydrogens is 252 g/mol. The van der Waals surface area contributed by atoms with Crippen LogP contribution in [0.5, 0.6) is 5.75 Å². The van der Waals surface area contributed by atoms with Crippen LogP contribution in [0.3, 0.4) is 0 Å². The van der Waals surface area contributed by atoms with E-state index in [9.17, 15) is 13.6 Å². The van der Waals surface area contributed by atoms with Gasteiger partial charge in [0.25, 0.3) is 0 Å². The Bertz CT molecular complexity index is 641. The summed E-state index contributed by atoms with van der Waals surface area (Å²) in [6.07, 6.45) is 1.36. The van der Waals surface area contributed by atoms with Gasteiger partial charge >= 0.3 is 0 Å². The van der Waals surface area contributed by atoms with Gasteiger partial charge in [0.05, 0.1) is 12.7 Å². The van der Waals surface area contributed by atoms with E-state index in [1.807, 2.05) is 0 Å². The van der Waals surface area contributed by atoms with E-state index in [1.165, 1.54) is 32.4 Å². The molecule has 5 heteroatoms. The fourth-order valence-corrected chi connectivity index (χ4v) is 1.71. The van der Waals surface area contributed by atoms with E-state index in [-0.39, 0.29) is 17.0 Å². The number of nitrogens with zero attached hydrogens (tertiary/aromatic N) is 1. The number of aryl methyl sites for hydroxylation is 1. The molecule has 0 bridgehead atoms. The van der Waals surface area contributed by atoms with Crippen LogP contribution in [0.2, 0.25) is 0 Å². The lowest BCUT2D eigenvalue weighted by Gasteiger charge is -2.08. The minimum atomic E-state index is -0.916. The average Bonchev–Trinajstić information content (AvgIpc) is 2.43. The van der Waals surface area contributed by atoms with Gasteiger partial charge in [-0.25, -0.2) is 13.8 Å². The highest BCUT2D eigenvalue weighted by atomic mass is 19.1. The third-order valence-electron chi connectivity index (χ3n) is 2.72. The molecule has 2 rings (SSSR count). The first-order valence-electron chi connectivity index (χ1n) is 5.54. The molecular formula is C14H11F2NO2. The molecule has 98 valence electrons. The summed E-state index contributed by atoms with van der Waals surface area (Å²) < 4.78 is 32.5. The fraction of sp³-hybridized carbons (Fsp3) is 0.143. The second-order valence-electron chi connectivity index (χ2n) is 3.94. The summed E-state index contributed by atoms with van der Waals surface area (Å²) in [5.74, 6) is -2.46. The highest BCUT2D eigenvalue weighted by Gasteiger charge is 2.24. The van der Waals surface area contributed by atoms with Crippen molar-refractivity contribution in [3.05, 3.63) is 58.9 Å². The van der Waals surface area contributed by atoms with E-state index in [4.69, 9.17) is 4.74 Å². The van der Waals surface area contributed by atoms with Crippen molar-refractivity contribution in [2.45, 2.75) is 6.92 Å². The molecule has 0 saturated heterocycles. The Balaban J connectivity index is 2.60.